The molecule has 0 atom stereocenters. The van der Waals surface area contributed by atoms with Crippen molar-refractivity contribution in [1.82, 2.24) is 14.7 Å². The van der Waals surface area contributed by atoms with Crippen molar-refractivity contribution in [3.05, 3.63) is 59.3 Å². The number of hydrogen-bond acceptors (Lipinski definition) is 5. The molecule has 0 bridgehead atoms. The molecule has 6 nitrogen and oxygen atoms in total. The van der Waals surface area contributed by atoms with Gasteiger partial charge in [0, 0.05) is 24.2 Å². The summed E-state index contributed by atoms with van der Waals surface area (Å²) in [7, 11) is -4.29. The van der Waals surface area contributed by atoms with E-state index in [4.69, 9.17) is 0 Å². The molecule has 28 heavy (non-hydrogen) atoms. The fourth-order valence-corrected chi connectivity index (χ4v) is 4.06. The van der Waals surface area contributed by atoms with Gasteiger partial charge in [-0.25, -0.2) is 36.3 Å². The highest BCUT2D eigenvalue weighted by molar-refractivity contribution is 7.89. The largest absolute Gasteiger partial charge is 0.368 e. The third-order valence-electron chi connectivity index (χ3n) is 4.16. The van der Waals surface area contributed by atoms with Crippen molar-refractivity contribution in [2.24, 2.45) is 0 Å². The number of halogens is 3. The van der Waals surface area contributed by atoms with E-state index in [0.29, 0.717) is 11.9 Å². The molecule has 10 heteroatoms. The minimum absolute atomic E-state index is 0.0952. The van der Waals surface area contributed by atoms with Gasteiger partial charge >= 0.3 is 0 Å². The first-order chi connectivity index (χ1) is 13.3. The summed E-state index contributed by atoms with van der Waals surface area (Å²) in [6.45, 7) is 3.32. The van der Waals surface area contributed by atoms with Gasteiger partial charge in [0.25, 0.3) is 0 Å². The molecule has 1 aromatic heterocycles. The zero-order valence-electron chi connectivity index (χ0n) is 14.7. The second-order valence-corrected chi connectivity index (χ2v) is 7.69. The molecule has 1 aromatic carbocycles. The number of nitrogens with one attached hydrogen (secondary N) is 2. The Morgan fingerprint density at radius 2 is 1.96 bits per heavy atom. The number of aromatic nitrogens is 2. The van der Waals surface area contributed by atoms with E-state index in [0.717, 1.165) is 30.2 Å². The molecule has 0 fully saturated rings. The van der Waals surface area contributed by atoms with Gasteiger partial charge in [-0.3, -0.25) is 0 Å². The molecule has 1 aliphatic carbocycles. The predicted molar refractivity (Wildman–Crippen MR) is 99.5 cm³/mol. The van der Waals surface area contributed by atoms with E-state index in [1.165, 1.54) is 6.33 Å². The van der Waals surface area contributed by atoms with Crippen LogP contribution in [0.1, 0.15) is 23.2 Å². The van der Waals surface area contributed by atoms with Gasteiger partial charge in [-0.05, 0) is 18.9 Å². The molecule has 2 N–H and O–H groups in total. The maximum atomic E-state index is 13.8. The number of allylic oxidation sites excluding steroid dienone is 1. The van der Waals surface area contributed by atoms with Crippen LogP contribution in [0, 0.1) is 17.5 Å². The van der Waals surface area contributed by atoms with Crippen LogP contribution in [0.15, 0.2) is 29.9 Å². The number of aryl methyl sites for hydroxylation is 1. The van der Waals surface area contributed by atoms with E-state index in [-0.39, 0.29) is 13.1 Å². The van der Waals surface area contributed by atoms with Gasteiger partial charge in [-0.15, -0.1) is 0 Å². The highest BCUT2D eigenvalue weighted by atomic mass is 32.2. The summed E-state index contributed by atoms with van der Waals surface area (Å²) in [5.74, 6) is -4.39. The number of benzene rings is 1. The SMILES string of the molecule is C=Cc1c(S(=O)(=O)NCCNc2ncnc3c2C=CCC3)cc(F)c(F)c1F. The van der Waals surface area contributed by atoms with Crippen molar-refractivity contribution < 1.29 is 21.6 Å². The first-order valence-corrected chi connectivity index (χ1v) is 9.87. The number of hydrogen-bond donors (Lipinski definition) is 2. The Labute approximate surface area is 160 Å². The summed E-state index contributed by atoms with van der Waals surface area (Å²) in [6, 6.07) is 0.427. The standard InChI is InChI=1S/C18H17F3N4O2S/c1-2-11-15(9-13(19)17(21)16(11)20)28(26,27)25-8-7-22-18-12-5-3-4-6-14(12)23-10-24-18/h2-3,5,9-10,25H,1,4,6-8H2,(H,22,23,24). The van der Waals surface area contributed by atoms with Gasteiger partial charge < -0.3 is 5.32 Å². The number of rotatable bonds is 7. The molecular formula is C18H17F3N4O2S. The molecule has 3 rings (SSSR count). The summed E-state index contributed by atoms with van der Waals surface area (Å²) in [5.41, 5.74) is 1.11. The number of nitrogens with zero attached hydrogens (tertiary/aromatic N) is 2. The predicted octanol–water partition coefficient (Wildman–Crippen LogP) is 2.89. The summed E-state index contributed by atoms with van der Waals surface area (Å²) in [6.07, 6.45) is 7.82. The Hall–Kier alpha value is -2.72. The van der Waals surface area contributed by atoms with Crippen molar-refractivity contribution in [1.29, 1.82) is 0 Å². The number of sulfonamides is 1. The van der Waals surface area contributed by atoms with Gasteiger partial charge in [0.1, 0.15) is 12.1 Å². The van der Waals surface area contributed by atoms with Crippen LogP contribution in [0.2, 0.25) is 0 Å². The van der Waals surface area contributed by atoms with E-state index in [1.54, 1.807) is 0 Å². The highest BCUT2D eigenvalue weighted by Crippen LogP contribution is 2.25. The molecule has 0 spiro atoms. The fraction of sp³-hybridized carbons (Fsp3) is 0.222. The maximum Gasteiger partial charge on any atom is 0.241 e. The average molecular weight is 410 g/mol. The summed E-state index contributed by atoms with van der Waals surface area (Å²) >= 11 is 0. The van der Waals surface area contributed by atoms with Gasteiger partial charge in [0.05, 0.1) is 10.6 Å². The van der Waals surface area contributed by atoms with E-state index in [1.807, 2.05) is 12.2 Å². The Kier molecular flexibility index (Phi) is 5.80. The Morgan fingerprint density at radius 1 is 1.18 bits per heavy atom. The lowest BCUT2D eigenvalue weighted by Crippen LogP contribution is -2.30. The van der Waals surface area contributed by atoms with Crippen LogP contribution in [0.5, 0.6) is 0 Å². The molecule has 148 valence electrons. The van der Waals surface area contributed by atoms with Crippen molar-refractivity contribution in [3.8, 4) is 0 Å². The zero-order valence-corrected chi connectivity index (χ0v) is 15.5. The first kappa shape index (κ1) is 20.0. The van der Waals surface area contributed by atoms with Gasteiger partial charge in [0.2, 0.25) is 10.0 Å². The maximum absolute atomic E-state index is 13.8. The minimum atomic E-state index is -4.29. The topological polar surface area (TPSA) is 84.0 Å². The van der Waals surface area contributed by atoms with Crippen molar-refractivity contribution >= 4 is 28.0 Å². The number of fused-ring (bicyclic) bond motifs is 1. The van der Waals surface area contributed by atoms with Crippen molar-refractivity contribution in [2.75, 3.05) is 18.4 Å². The highest BCUT2D eigenvalue weighted by Gasteiger charge is 2.25. The van der Waals surface area contributed by atoms with Gasteiger partial charge in [-0.2, -0.15) is 0 Å². The second kappa shape index (κ2) is 8.11. The molecule has 0 unspecified atom stereocenters. The van der Waals surface area contributed by atoms with Crippen LogP contribution in [0.3, 0.4) is 0 Å². The van der Waals surface area contributed by atoms with Crippen molar-refractivity contribution in [3.63, 3.8) is 0 Å². The molecule has 0 saturated carbocycles. The van der Waals surface area contributed by atoms with Crippen molar-refractivity contribution in [2.45, 2.75) is 17.7 Å². The Balaban J connectivity index is 1.71. The normalized spacial score (nSPS) is 13.2. The Morgan fingerprint density at radius 3 is 2.71 bits per heavy atom. The monoisotopic (exact) mass is 410 g/mol. The molecule has 0 amide bonds. The van der Waals surface area contributed by atoms with Gasteiger partial charge in [0.15, 0.2) is 17.5 Å². The third kappa shape index (κ3) is 3.92. The lowest BCUT2D eigenvalue weighted by atomic mass is 10.0. The van der Waals surface area contributed by atoms with Gasteiger partial charge in [-0.1, -0.05) is 24.8 Å². The molecule has 2 aromatic rings. The van der Waals surface area contributed by atoms with Crippen LogP contribution >= 0.6 is 0 Å². The first-order valence-electron chi connectivity index (χ1n) is 8.39. The average Bonchev–Trinajstić information content (AvgIpc) is 2.69. The quantitative estimate of drug-likeness (QED) is 0.542. The van der Waals surface area contributed by atoms with E-state index < -0.39 is 37.9 Å². The van der Waals surface area contributed by atoms with E-state index >= 15 is 0 Å². The summed E-state index contributed by atoms with van der Waals surface area (Å²) in [4.78, 5) is 7.62. The molecule has 1 aliphatic rings. The fourth-order valence-electron chi connectivity index (χ4n) is 2.81. The zero-order chi connectivity index (χ0) is 20.3. The van der Waals surface area contributed by atoms with Crippen LogP contribution in [0.4, 0.5) is 19.0 Å². The van der Waals surface area contributed by atoms with Crippen LogP contribution in [-0.2, 0) is 16.4 Å². The third-order valence-corrected chi connectivity index (χ3v) is 5.67. The summed E-state index contributed by atoms with van der Waals surface area (Å²) < 4.78 is 67.6. The minimum Gasteiger partial charge on any atom is -0.368 e. The lowest BCUT2D eigenvalue weighted by Gasteiger charge is -2.15. The smallest absolute Gasteiger partial charge is 0.241 e. The lowest BCUT2D eigenvalue weighted by molar-refractivity contribution is 0.441. The molecule has 0 saturated heterocycles. The van der Waals surface area contributed by atoms with E-state index in [2.05, 4.69) is 26.6 Å². The Bertz CT molecular complexity index is 1060. The van der Waals surface area contributed by atoms with E-state index in [9.17, 15) is 21.6 Å². The van der Waals surface area contributed by atoms with Crippen LogP contribution in [-0.4, -0.2) is 31.5 Å². The second-order valence-electron chi connectivity index (χ2n) is 5.95. The number of anilines is 1. The van der Waals surface area contributed by atoms with Crippen LogP contribution < -0.4 is 10.0 Å². The summed E-state index contributed by atoms with van der Waals surface area (Å²) in [5, 5.41) is 3.00. The van der Waals surface area contributed by atoms with Crippen LogP contribution in [0.25, 0.3) is 12.2 Å². The molecule has 0 radical (unpaired) electrons. The molecular weight excluding hydrogens is 393 g/mol. The molecule has 0 aliphatic heterocycles. The molecule has 1 heterocycles.